The number of hydrogen-bond acceptors (Lipinski definition) is 5. The molecule has 1 heterocycles. The molecule has 0 aliphatic heterocycles. The van der Waals surface area contributed by atoms with Crippen LogP contribution in [-0.2, 0) is 11.1 Å². The van der Waals surface area contributed by atoms with E-state index in [-0.39, 0.29) is 34.6 Å². The molecule has 0 saturated heterocycles. The molecule has 1 aromatic carbocycles. The highest BCUT2D eigenvalue weighted by atomic mass is 79.9. The van der Waals surface area contributed by atoms with Gasteiger partial charge in [-0.05, 0) is 125 Å². The Morgan fingerprint density at radius 1 is 1.18 bits per heavy atom. The molecule has 2 N–H and O–H groups in total. The van der Waals surface area contributed by atoms with Crippen LogP contribution < -0.4 is 10.2 Å². The molecule has 4 aliphatic carbocycles. The summed E-state index contributed by atoms with van der Waals surface area (Å²) in [7, 11) is 0. The Balaban J connectivity index is 1.33. The fourth-order valence-electron chi connectivity index (χ4n) is 6.42. The quantitative estimate of drug-likeness (QED) is 0.389. The molecular weight excluding hydrogens is 558 g/mol. The van der Waals surface area contributed by atoms with Crippen LogP contribution in [0.5, 0.6) is 0 Å². The van der Waals surface area contributed by atoms with Gasteiger partial charge >= 0.3 is 6.03 Å². The molecular formula is C28H37BrF2N4O3. The number of nitrogens with zero attached hydrogens (tertiary/aromatic N) is 3. The first-order chi connectivity index (χ1) is 17.8. The van der Waals surface area contributed by atoms with Crippen LogP contribution in [0.3, 0.4) is 0 Å². The lowest BCUT2D eigenvalue weighted by molar-refractivity contribution is 0.0151. The van der Waals surface area contributed by atoms with Crippen molar-refractivity contribution in [3.63, 3.8) is 0 Å². The van der Waals surface area contributed by atoms with Gasteiger partial charge in [0.05, 0.1) is 10.1 Å². The second-order valence-electron chi connectivity index (χ2n) is 12.6. The minimum absolute atomic E-state index is 0.0100. The number of benzene rings is 1. The Bertz CT molecular complexity index is 1160. The van der Waals surface area contributed by atoms with Gasteiger partial charge in [0.1, 0.15) is 5.82 Å². The second kappa shape index (κ2) is 9.84. The van der Waals surface area contributed by atoms with Crippen LogP contribution in [0, 0.1) is 11.2 Å². The van der Waals surface area contributed by atoms with Crippen molar-refractivity contribution < 1.29 is 23.2 Å². The number of anilines is 1. The fourth-order valence-corrected chi connectivity index (χ4v) is 6.79. The lowest BCUT2D eigenvalue weighted by Gasteiger charge is -2.53. The summed E-state index contributed by atoms with van der Waals surface area (Å²) in [5.41, 5.74) is -2.02. The van der Waals surface area contributed by atoms with Gasteiger partial charge in [0.15, 0.2) is 11.5 Å². The average Bonchev–Trinajstić information content (AvgIpc) is 3.39. The summed E-state index contributed by atoms with van der Waals surface area (Å²) in [6.45, 7) is 5.19. The molecule has 4 fully saturated rings. The molecule has 7 nitrogen and oxygen atoms in total. The second-order valence-corrected chi connectivity index (χ2v) is 13.4. The summed E-state index contributed by atoms with van der Waals surface area (Å²) >= 11 is 3.28. The zero-order valence-corrected chi connectivity index (χ0v) is 23.9. The summed E-state index contributed by atoms with van der Waals surface area (Å²) < 4.78 is 34.0. The highest BCUT2D eigenvalue weighted by Crippen LogP contribution is 2.57. The maximum Gasteiger partial charge on any atom is 0.322 e. The maximum absolute atomic E-state index is 14.4. The number of urea groups is 1. The van der Waals surface area contributed by atoms with Gasteiger partial charge in [-0.1, -0.05) is 5.16 Å². The zero-order chi connectivity index (χ0) is 27.3. The average molecular weight is 596 g/mol. The standard InChI is InChI=1S/C28H37BrF2N4O3/c1-25(2,31)23-33-22(34-38-23)28-13-10-27(11-14-28,12-15-28)17-35(19-4-5-21(30)20(29)16-19)24(36)32-18-6-8-26(3,37)9-7-18/h4-5,16,18,37H,6-15,17H2,1-3H3,(H,32,36)/t18-,26-,27?,28?. The van der Waals surface area contributed by atoms with Gasteiger partial charge in [-0.3, -0.25) is 4.90 Å². The summed E-state index contributed by atoms with van der Waals surface area (Å²) in [5, 5.41) is 17.7. The summed E-state index contributed by atoms with van der Waals surface area (Å²) in [4.78, 5) is 19.9. The van der Waals surface area contributed by atoms with Crippen molar-refractivity contribution in [2.24, 2.45) is 5.41 Å². The molecule has 0 radical (unpaired) electrons. The van der Waals surface area contributed by atoms with E-state index in [0.29, 0.717) is 35.4 Å². The smallest absolute Gasteiger partial charge is 0.322 e. The molecule has 38 heavy (non-hydrogen) atoms. The van der Waals surface area contributed by atoms with E-state index < -0.39 is 11.3 Å². The van der Waals surface area contributed by atoms with E-state index in [4.69, 9.17) is 4.52 Å². The molecule has 10 heteroatoms. The third-order valence-electron chi connectivity index (χ3n) is 9.15. The number of fused-ring (bicyclic) bond motifs is 3. The Morgan fingerprint density at radius 2 is 1.82 bits per heavy atom. The van der Waals surface area contributed by atoms with Crippen molar-refractivity contribution in [3.8, 4) is 0 Å². The molecule has 6 rings (SSSR count). The van der Waals surface area contributed by atoms with Crippen LogP contribution in [0.25, 0.3) is 0 Å². The molecule has 1 aromatic heterocycles. The number of nitrogens with one attached hydrogen (secondary N) is 1. The monoisotopic (exact) mass is 594 g/mol. The van der Waals surface area contributed by atoms with E-state index in [0.717, 1.165) is 51.4 Å². The topological polar surface area (TPSA) is 91.5 Å². The number of hydrogen-bond donors (Lipinski definition) is 2. The minimum atomic E-state index is -1.68. The molecule has 0 unspecified atom stereocenters. The molecule has 4 aliphatic rings. The number of carbonyl (C=O) groups excluding carboxylic acids is 1. The van der Waals surface area contributed by atoms with Crippen LogP contribution in [0.1, 0.15) is 96.7 Å². The van der Waals surface area contributed by atoms with E-state index >= 15 is 0 Å². The van der Waals surface area contributed by atoms with Gasteiger partial charge in [0.25, 0.3) is 5.89 Å². The van der Waals surface area contributed by atoms with Crippen LogP contribution in [0.15, 0.2) is 27.2 Å². The van der Waals surface area contributed by atoms with Crippen molar-refractivity contribution in [1.29, 1.82) is 0 Å². The summed E-state index contributed by atoms with van der Waals surface area (Å²) in [5.74, 6) is 0.229. The molecule has 208 valence electrons. The Morgan fingerprint density at radius 3 is 2.37 bits per heavy atom. The van der Waals surface area contributed by atoms with Gasteiger partial charge in [-0.25, -0.2) is 13.6 Å². The largest absolute Gasteiger partial charge is 0.390 e. The minimum Gasteiger partial charge on any atom is -0.390 e. The third-order valence-corrected chi connectivity index (χ3v) is 9.76. The third kappa shape index (κ3) is 5.48. The predicted molar refractivity (Wildman–Crippen MR) is 143 cm³/mol. The van der Waals surface area contributed by atoms with Crippen LogP contribution >= 0.6 is 15.9 Å². The number of alkyl halides is 1. The fraction of sp³-hybridized carbons (Fsp3) is 0.679. The molecule has 0 atom stereocenters. The summed E-state index contributed by atoms with van der Waals surface area (Å²) in [6.07, 6.45) is 7.91. The zero-order valence-electron chi connectivity index (χ0n) is 22.3. The lowest BCUT2D eigenvalue weighted by atomic mass is 9.53. The lowest BCUT2D eigenvalue weighted by Crippen LogP contribution is -2.54. The van der Waals surface area contributed by atoms with Crippen molar-refractivity contribution in [3.05, 3.63) is 40.2 Å². The number of carbonyl (C=O) groups is 1. The van der Waals surface area contributed by atoms with Crippen molar-refractivity contribution >= 4 is 27.6 Å². The van der Waals surface area contributed by atoms with E-state index in [1.54, 1.807) is 17.0 Å². The first-order valence-corrected chi connectivity index (χ1v) is 14.4. The molecule has 2 aromatic rings. The van der Waals surface area contributed by atoms with E-state index in [1.807, 2.05) is 6.92 Å². The number of rotatable bonds is 6. The van der Waals surface area contributed by atoms with Crippen LogP contribution in [0.4, 0.5) is 19.3 Å². The van der Waals surface area contributed by atoms with Gasteiger partial charge < -0.3 is 14.9 Å². The predicted octanol–water partition coefficient (Wildman–Crippen LogP) is 6.68. The Hall–Kier alpha value is -2.07. The molecule has 2 amide bonds. The number of aliphatic hydroxyl groups is 1. The van der Waals surface area contributed by atoms with E-state index in [2.05, 4.69) is 31.4 Å². The normalized spacial score (nSPS) is 31.3. The summed E-state index contributed by atoms with van der Waals surface area (Å²) in [6, 6.07) is 4.48. The molecule has 0 spiro atoms. The number of halogens is 3. The van der Waals surface area contributed by atoms with Gasteiger partial charge in [0.2, 0.25) is 0 Å². The molecule has 4 saturated carbocycles. The highest BCUT2D eigenvalue weighted by molar-refractivity contribution is 9.10. The number of aromatic nitrogens is 2. The maximum atomic E-state index is 14.4. The first kappa shape index (κ1) is 27.5. The van der Waals surface area contributed by atoms with Gasteiger partial charge in [0, 0.05) is 23.7 Å². The molecule has 2 bridgehead atoms. The van der Waals surface area contributed by atoms with E-state index in [1.165, 1.54) is 19.9 Å². The van der Waals surface area contributed by atoms with Crippen LogP contribution in [-0.4, -0.2) is 39.5 Å². The van der Waals surface area contributed by atoms with Crippen molar-refractivity contribution in [1.82, 2.24) is 15.5 Å². The van der Waals surface area contributed by atoms with Gasteiger partial charge in [-0.2, -0.15) is 4.98 Å². The SMILES string of the molecule is CC(C)(F)c1nc(C23CCC(CN(C(=O)N[C@H]4CC[C@](C)(O)CC4)c4ccc(F)c(Br)c4)(CC2)CC3)no1. The van der Waals surface area contributed by atoms with Crippen LogP contribution in [0.2, 0.25) is 0 Å². The van der Waals surface area contributed by atoms with E-state index in [9.17, 15) is 18.7 Å². The first-order valence-electron chi connectivity index (χ1n) is 13.6. The number of amides is 2. The van der Waals surface area contributed by atoms with Gasteiger partial charge in [-0.15, -0.1) is 0 Å². The van der Waals surface area contributed by atoms with Crippen molar-refractivity contribution in [2.45, 2.75) is 108 Å². The highest BCUT2D eigenvalue weighted by Gasteiger charge is 2.53. The Labute approximate surface area is 230 Å². The van der Waals surface area contributed by atoms with Crippen molar-refractivity contribution in [2.75, 3.05) is 11.4 Å². The Kier molecular flexibility index (Phi) is 7.12.